The van der Waals surface area contributed by atoms with Gasteiger partial charge in [0.05, 0.1) is 6.54 Å². The maximum atomic E-state index is 9.80. The molecular weight excluding hydrogens is 300 g/mol. The first kappa shape index (κ1) is 16.1. The maximum Gasteiger partial charge on any atom is 0.134 e. The molecule has 1 N–H and O–H groups in total. The van der Waals surface area contributed by atoms with Crippen LogP contribution in [0.1, 0.15) is 25.0 Å². The Balaban J connectivity index is 1.39. The van der Waals surface area contributed by atoms with Gasteiger partial charge in [-0.2, -0.15) is 0 Å². The van der Waals surface area contributed by atoms with E-state index in [0.29, 0.717) is 18.4 Å². The van der Waals surface area contributed by atoms with Crippen molar-refractivity contribution < 1.29 is 9.52 Å². The summed E-state index contributed by atoms with van der Waals surface area (Å²) in [4.78, 5) is 5.05. The van der Waals surface area contributed by atoms with Crippen LogP contribution in [-0.2, 0) is 6.54 Å². The number of nitrogens with zero attached hydrogens (tertiary/aromatic N) is 2. The lowest BCUT2D eigenvalue weighted by molar-refractivity contribution is 0.149. The number of hydrogen-bond acceptors (Lipinski definition) is 4. The molecule has 2 atom stereocenters. The third-order valence-corrected chi connectivity index (χ3v) is 5.68. The summed E-state index contributed by atoms with van der Waals surface area (Å²) in [7, 11) is 0. The first-order chi connectivity index (χ1) is 11.8. The van der Waals surface area contributed by atoms with Crippen molar-refractivity contribution >= 4 is 11.0 Å². The topological polar surface area (TPSA) is 39.9 Å². The van der Waals surface area contributed by atoms with Crippen molar-refractivity contribution in [2.75, 3.05) is 39.3 Å². The van der Waals surface area contributed by atoms with Gasteiger partial charge in [-0.1, -0.05) is 24.6 Å². The van der Waals surface area contributed by atoms with Crippen molar-refractivity contribution in [2.45, 2.75) is 25.8 Å². The van der Waals surface area contributed by atoms with Gasteiger partial charge in [0, 0.05) is 31.6 Å². The molecule has 0 spiro atoms. The third-order valence-electron chi connectivity index (χ3n) is 5.68. The van der Waals surface area contributed by atoms with Crippen LogP contribution in [0.15, 0.2) is 34.7 Å². The Bertz CT molecular complexity index is 629. The molecule has 4 heteroatoms. The number of hydrogen-bond donors (Lipinski definition) is 1. The zero-order chi connectivity index (χ0) is 16.4. The molecule has 4 rings (SSSR count). The van der Waals surface area contributed by atoms with Gasteiger partial charge >= 0.3 is 0 Å². The van der Waals surface area contributed by atoms with Gasteiger partial charge in [0.15, 0.2) is 0 Å². The molecule has 2 saturated heterocycles. The molecule has 24 heavy (non-hydrogen) atoms. The fourth-order valence-corrected chi connectivity index (χ4v) is 4.39. The Morgan fingerprint density at radius 1 is 1.00 bits per heavy atom. The molecule has 0 saturated carbocycles. The average molecular weight is 328 g/mol. The van der Waals surface area contributed by atoms with Gasteiger partial charge in [-0.15, -0.1) is 0 Å². The predicted molar refractivity (Wildman–Crippen MR) is 95.8 cm³/mol. The molecule has 1 aromatic heterocycles. The lowest BCUT2D eigenvalue weighted by Crippen LogP contribution is -2.37. The first-order valence-electron chi connectivity index (χ1n) is 9.35. The Hall–Kier alpha value is -1.36. The minimum Gasteiger partial charge on any atom is -0.460 e. The molecule has 0 aliphatic carbocycles. The van der Waals surface area contributed by atoms with Gasteiger partial charge in [0.1, 0.15) is 11.3 Å². The van der Waals surface area contributed by atoms with E-state index < -0.39 is 0 Å². The standard InChI is InChI=1S/C20H28N2O2/c23-15-18-13-22(12-17(18)11-21-8-4-1-5-9-21)14-19-10-16-6-2-3-7-20(16)24-19/h2-3,6-7,10,17-18,23H,1,4-5,8-9,11-15H2/t17-,18-/m0/s1. The van der Waals surface area contributed by atoms with Gasteiger partial charge in [0.25, 0.3) is 0 Å². The minimum absolute atomic E-state index is 0.301. The number of para-hydroxylation sites is 1. The summed E-state index contributed by atoms with van der Waals surface area (Å²) in [5, 5.41) is 11.0. The Kier molecular flexibility index (Phi) is 4.88. The van der Waals surface area contributed by atoms with E-state index in [4.69, 9.17) is 4.42 Å². The SMILES string of the molecule is OC[C@@H]1CN(Cc2cc3ccccc3o2)C[C@@H]1CN1CCCCC1. The lowest BCUT2D eigenvalue weighted by atomic mass is 9.95. The number of rotatable bonds is 5. The predicted octanol–water partition coefficient (Wildman–Crippen LogP) is 2.96. The number of aliphatic hydroxyl groups excluding tert-OH is 1. The van der Waals surface area contributed by atoms with Crippen LogP contribution < -0.4 is 0 Å². The van der Waals surface area contributed by atoms with Crippen molar-refractivity contribution in [3.63, 3.8) is 0 Å². The van der Waals surface area contributed by atoms with Gasteiger partial charge in [-0.05, 0) is 49.9 Å². The maximum absolute atomic E-state index is 9.80. The third kappa shape index (κ3) is 3.51. The summed E-state index contributed by atoms with van der Waals surface area (Å²) in [6.45, 7) is 6.81. The van der Waals surface area contributed by atoms with Gasteiger partial charge in [-0.25, -0.2) is 0 Å². The summed E-state index contributed by atoms with van der Waals surface area (Å²) < 4.78 is 5.97. The monoisotopic (exact) mass is 328 g/mol. The van der Waals surface area contributed by atoms with Crippen molar-refractivity contribution in [2.24, 2.45) is 11.8 Å². The van der Waals surface area contributed by atoms with Crippen LogP contribution in [0.2, 0.25) is 0 Å². The highest BCUT2D eigenvalue weighted by atomic mass is 16.3. The molecule has 130 valence electrons. The second-order valence-electron chi connectivity index (χ2n) is 7.51. The molecule has 4 nitrogen and oxygen atoms in total. The highest BCUT2D eigenvalue weighted by Gasteiger charge is 2.33. The Morgan fingerprint density at radius 2 is 1.79 bits per heavy atom. The van der Waals surface area contributed by atoms with E-state index in [-0.39, 0.29) is 0 Å². The number of fused-ring (bicyclic) bond motifs is 1. The van der Waals surface area contributed by atoms with Crippen molar-refractivity contribution in [3.8, 4) is 0 Å². The van der Waals surface area contributed by atoms with E-state index in [9.17, 15) is 5.11 Å². The van der Waals surface area contributed by atoms with Crippen LogP contribution in [0.5, 0.6) is 0 Å². The van der Waals surface area contributed by atoms with Gasteiger partial charge in [-0.3, -0.25) is 4.90 Å². The number of furan rings is 1. The Morgan fingerprint density at radius 3 is 2.58 bits per heavy atom. The molecule has 2 fully saturated rings. The molecule has 1 aromatic carbocycles. The van der Waals surface area contributed by atoms with Gasteiger partial charge < -0.3 is 14.4 Å². The van der Waals surface area contributed by atoms with Crippen LogP contribution in [0.25, 0.3) is 11.0 Å². The van der Waals surface area contributed by atoms with E-state index in [0.717, 1.165) is 37.5 Å². The molecule has 0 amide bonds. The summed E-state index contributed by atoms with van der Waals surface area (Å²) in [6, 6.07) is 10.3. The van der Waals surface area contributed by atoms with Crippen molar-refractivity contribution in [1.82, 2.24) is 9.80 Å². The van der Waals surface area contributed by atoms with E-state index in [1.54, 1.807) is 0 Å². The normalized spacial score (nSPS) is 26.4. The minimum atomic E-state index is 0.301. The number of piperidine rings is 1. The molecule has 2 aromatic rings. The molecule has 0 bridgehead atoms. The van der Waals surface area contributed by atoms with E-state index >= 15 is 0 Å². The molecule has 3 heterocycles. The largest absolute Gasteiger partial charge is 0.460 e. The van der Waals surface area contributed by atoms with Gasteiger partial charge in [0.2, 0.25) is 0 Å². The smallest absolute Gasteiger partial charge is 0.134 e. The molecule has 2 aliphatic rings. The summed E-state index contributed by atoms with van der Waals surface area (Å²) in [6.07, 6.45) is 4.04. The van der Waals surface area contributed by atoms with Crippen LogP contribution >= 0.6 is 0 Å². The quantitative estimate of drug-likeness (QED) is 0.916. The van der Waals surface area contributed by atoms with Crippen LogP contribution in [0, 0.1) is 11.8 Å². The van der Waals surface area contributed by atoms with Crippen molar-refractivity contribution in [1.29, 1.82) is 0 Å². The highest BCUT2D eigenvalue weighted by Crippen LogP contribution is 2.28. The fraction of sp³-hybridized carbons (Fsp3) is 0.600. The second kappa shape index (κ2) is 7.26. The van der Waals surface area contributed by atoms with Crippen LogP contribution in [-0.4, -0.2) is 54.2 Å². The van der Waals surface area contributed by atoms with Crippen molar-refractivity contribution in [3.05, 3.63) is 36.1 Å². The zero-order valence-corrected chi connectivity index (χ0v) is 14.4. The lowest BCUT2D eigenvalue weighted by Gasteiger charge is -2.30. The highest BCUT2D eigenvalue weighted by molar-refractivity contribution is 5.77. The fourth-order valence-electron chi connectivity index (χ4n) is 4.39. The van der Waals surface area contributed by atoms with E-state index in [1.807, 2.05) is 18.2 Å². The first-order valence-corrected chi connectivity index (χ1v) is 9.35. The average Bonchev–Trinajstić information content (AvgIpc) is 3.19. The van der Waals surface area contributed by atoms with Crippen LogP contribution in [0.3, 0.4) is 0 Å². The zero-order valence-electron chi connectivity index (χ0n) is 14.4. The molecule has 0 radical (unpaired) electrons. The number of aliphatic hydroxyl groups is 1. The molecule has 0 unspecified atom stereocenters. The Labute approximate surface area is 144 Å². The number of benzene rings is 1. The van der Waals surface area contributed by atoms with Crippen LogP contribution in [0.4, 0.5) is 0 Å². The number of likely N-dealkylation sites (tertiary alicyclic amines) is 2. The summed E-state index contributed by atoms with van der Waals surface area (Å²) in [5.74, 6) is 2.01. The van der Waals surface area contributed by atoms with E-state index in [1.165, 1.54) is 37.7 Å². The summed E-state index contributed by atoms with van der Waals surface area (Å²) in [5.41, 5.74) is 0.968. The molecular formula is C20H28N2O2. The molecule has 2 aliphatic heterocycles. The van der Waals surface area contributed by atoms with E-state index in [2.05, 4.69) is 21.9 Å². The second-order valence-corrected chi connectivity index (χ2v) is 7.51. The summed E-state index contributed by atoms with van der Waals surface area (Å²) >= 11 is 0.